The minimum Gasteiger partial charge on any atom is -0.480 e. The second-order valence-corrected chi connectivity index (χ2v) is 9.18. The number of aryl methyl sites for hydroxylation is 1. The first kappa shape index (κ1) is 24.7. The zero-order chi connectivity index (χ0) is 26.1. The van der Waals surface area contributed by atoms with Crippen LogP contribution >= 0.6 is 27.5 Å². The molecule has 2 aromatic heterocycles. The first-order chi connectivity index (χ1) is 17.9. The molecule has 1 aromatic carbocycles. The summed E-state index contributed by atoms with van der Waals surface area (Å²) in [5.74, 6) is -0.715. The van der Waals surface area contributed by atoms with Gasteiger partial charge in [0.15, 0.2) is 11.0 Å². The van der Waals surface area contributed by atoms with Crippen LogP contribution in [0, 0.1) is 0 Å². The molecular formula is C24H19BrClN7O4. The van der Waals surface area contributed by atoms with Crippen molar-refractivity contribution in [2.75, 3.05) is 6.54 Å². The largest absolute Gasteiger partial charge is 0.480 e. The number of aromatic amines is 1. The maximum atomic E-state index is 13.0. The average Bonchev–Trinajstić information content (AvgIpc) is 3.61. The second-order valence-electron chi connectivity index (χ2n) is 8.03. The Labute approximate surface area is 223 Å². The molecule has 0 unspecified atom stereocenters. The Morgan fingerprint density at radius 2 is 1.97 bits per heavy atom. The van der Waals surface area contributed by atoms with Gasteiger partial charge in [0.2, 0.25) is 0 Å². The van der Waals surface area contributed by atoms with Gasteiger partial charge >= 0.3 is 5.97 Å². The van der Waals surface area contributed by atoms with Crippen LogP contribution < -0.4 is 5.32 Å². The number of tetrazole rings is 1. The standard InChI is InChI=1S/C24H19BrClN7O4/c1-2-17-28-22(26)21(24(36)27-9-18(34)35)33(17)10-15-12-7-8-37-11-16(12)20(25)19(15)13-5-3-4-6-14(13)23-29-31-32-30-23/h3-8,11H,2,9-10H2,1H3,(H,27,36)(H,34,35)(H,29,30,31,32). The van der Waals surface area contributed by atoms with Crippen LogP contribution in [0.1, 0.15) is 28.8 Å². The van der Waals surface area contributed by atoms with E-state index in [1.54, 1.807) is 17.1 Å². The normalized spacial score (nSPS) is 11.2. The van der Waals surface area contributed by atoms with Gasteiger partial charge in [0.1, 0.15) is 18.1 Å². The van der Waals surface area contributed by atoms with E-state index in [1.165, 1.54) is 0 Å². The molecule has 0 radical (unpaired) electrons. The minimum absolute atomic E-state index is 0.000601. The molecule has 2 aliphatic rings. The molecule has 0 fully saturated rings. The SMILES string of the molecule is CCc1nc(Cl)c(C(=O)NCC(=O)O)n1Cc1c2ccocc-2c(Br)c1-c1ccccc1-c1nnn[nH]1. The fourth-order valence-electron chi connectivity index (χ4n) is 4.35. The molecule has 5 rings (SSSR count). The van der Waals surface area contributed by atoms with E-state index in [1.807, 2.05) is 37.3 Å². The second kappa shape index (κ2) is 10.1. The zero-order valence-electron chi connectivity index (χ0n) is 19.3. The molecule has 188 valence electrons. The molecule has 3 aromatic rings. The summed E-state index contributed by atoms with van der Waals surface area (Å²) in [4.78, 5) is 28.4. The van der Waals surface area contributed by atoms with Gasteiger partial charge in [-0.2, -0.15) is 0 Å². The topological polar surface area (TPSA) is 152 Å². The fourth-order valence-corrected chi connectivity index (χ4v) is 5.40. The molecule has 3 N–H and O–H groups in total. The summed E-state index contributed by atoms with van der Waals surface area (Å²) < 4.78 is 7.97. The highest BCUT2D eigenvalue weighted by atomic mass is 79.9. The van der Waals surface area contributed by atoms with Crippen LogP contribution in [-0.2, 0) is 17.8 Å². The van der Waals surface area contributed by atoms with E-state index in [4.69, 9.17) is 21.1 Å². The molecule has 0 saturated heterocycles. The monoisotopic (exact) mass is 583 g/mol. The van der Waals surface area contributed by atoms with E-state index in [2.05, 4.69) is 46.9 Å². The van der Waals surface area contributed by atoms with Crippen molar-refractivity contribution in [1.29, 1.82) is 0 Å². The van der Waals surface area contributed by atoms with Crippen LogP contribution in [0.5, 0.6) is 0 Å². The molecule has 1 aliphatic heterocycles. The maximum Gasteiger partial charge on any atom is 0.322 e. The summed E-state index contributed by atoms with van der Waals surface area (Å²) in [6, 6.07) is 9.53. The highest BCUT2D eigenvalue weighted by molar-refractivity contribution is 9.10. The number of H-pyrrole nitrogens is 1. The molecule has 11 nitrogen and oxygen atoms in total. The molecule has 0 bridgehead atoms. The van der Waals surface area contributed by atoms with Crippen molar-refractivity contribution in [3.63, 3.8) is 0 Å². The predicted octanol–water partition coefficient (Wildman–Crippen LogP) is 4.27. The van der Waals surface area contributed by atoms with Crippen molar-refractivity contribution >= 4 is 39.4 Å². The average molecular weight is 585 g/mol. The van der Waals surface area contributed by atoms with E-state index in [9.17, 15) is 9.59 Å². The van der Waals surface area contributed by atoms with E-state index in [0.29, 0.717) is 18.1 Å². The Bertz CT molecular complexity index is 1580. The summed E-state index contributed by atoms with van der Waals surface area (Å²) in [6.45, 7) is 1.58. The van der Waals surface area contributed by atoms with Crippen molar-refractivity contribution in [2.24, 2.45) is 0 Å². The Morgan fingerprint density at radius 1 is 1.19 bits per heavy atom. The maximum absolute atomic E-state index is 13.0. The molecule has 37 heavy (non-hydrogen) atoms. The first-order valence-corrected chi connectivity index (χ1v) is 12.3. The number of carbonyl (C=O) groups excluding carboxylic acids is 1. The molecule has 1 aliphatic carbocycles. The number of carboxylic acid groups (broad SMARTS) is 1. The number of amides is 1. The van der Waals surface area contributed by atoms with E-state index >= 15 is 0 Å². The quantitative estimate of drug-likeness (QED) is 0.245. The van der Waals surface area contributed by atoms with Crippen molar-refractivity contribution in [2.45, 2.75) is 19.9 Å². The number of fused-ring (bicyclic) bond motifs is 1. The van der Waals surface area contributed by atoms with E-state index < -0.39 is 18.4 Å². The highest BCUT2D eigenvalue weighted by Gasteiger charge is 2.29. The van der Waals surface area contributed by atoms with Gasteiger partial charge in [-0.3, -0.25) is 9.59 Å². The molecule has 0 atom stereocenters. The summed E-state index contributed by atoms with van der Waals surface area (Å²) in [7, 11) is 0. The van der Waals surface area contributed by atoms with Gasteiger partial charge in [0.25, 0.3) is 5.91 Å². The summed E-state index contributed by atoms with van der Waals surface area (Å²) >= 11 is 10.1. The van der Waals surface area contributed by atoms with Crippen molar-refractivity contribution in [1.82, 2.24) is 35.5 Å². The number of aromatic nitrogens is 6. The number of halogens is 2. The van der Waals surface area contributed by atoms with Gasteiger partial charge < -0.3 is 19.4 Å². The van der Waals surface area contributed by atoms with Crippen LogP contribution in [0.3, 0.4) is 0 Å². The number of carbonyl (C=O) groups is 2. The molecule has 0 spiro atoms. The lowest BCUT2D eigenvalue weighted by Gasteiger charge is -2.15. The highest BCUT2D eigenvalue weighted by Crippen LogP contribution is 2.48. The number of carboxylic acids is 1. The number of imidazole rings is 1. The van der Waals surface area contributed by atoms with Crippen LogP contribution in [0.4, 0.5) is 0 Å². The fraction of sp³-hybridized carbons (Fsp3) is 0.167. The van der Waals surface area contributed by atoms with Gasteiger partial charge in [-0.15, -0.1) is 5.10 Å². The number of aliphatic carboxylic acids is 1. The number of benzene rings is 1. The number of hydrogen-bond acceptors (Lipinski definition) is 7. The van der Waals surface area contributed by atoms with Gasteiger partial charge in [0.05, 0.1) is 19.1 Å². The van der Waals surface area contributed by atoms with Gasteiger partial charge in [-0.25, -0.2) is 10.1 Å². The van der Waals surface area contributed by atoms with Crippen molar-refractivity contribution in [3.8, 4) is 33.6 Å². The lowest BCUT2D eigenvalue weighted by atomic mass is 9.97. The lowest BCUT2D eigenvalue weighted by Crippen LogP contribution is -2.31. The molecule has 1 amide bonds. The third-order valence-electron chi connectivity index (χ3n) is 5.92. The summed E-state index contributed by atoms with van der Waals surface area (Å²) in [5.41, 5.74) is 5.16. The Balaban J connectivity index is 1.72. The first-order valence-electron chi connectivity index (χ1n) is 11.1. The summed E-state index contributed by atoms with van der Waals surface area (Å²) in [5, 5.41) is 25.7. The number of rotatable bonds is 8. The van der Waals surface area contributed by atoms with Crippen LogP contribution in [-0.4, -0.2) is 53.7 Å². The Kier molecular flexibility index (Phi) is 6.76. The molecule has 13 heteroatoms. The van der Waals surface area contributed by atoms with Gasteiger partial charge in [-0.1, -0.05) is 42.8 Å². The Morgan fingerprint density at radius 3 is 2.68 bits per heavy atom. The summed E-state index contributed by atoms with van der Waals surface area (Å²) in [6.07, 6.45) is 3.72. The number of hydrogen-bond donors (Lipinski definition) is 3. The van der Waals surface area contributed by atoms with Crippen molar-refractivity contribution < 1.29 is 19.1 Å². The van der Waals surface area contributed by atoms with Crippen LogP contribution in [0.2, 0.25) is 5.15 Å². The van der Waals surface area contributed by atoms with E-state index in [0.717, 1.165) is 37.9 Å². The van der Waals surface area contributed by atoms with Gasteiger partial charge in [-0.05, 0) is 49.1 Å². The third kappa shape index (κ3) is 4.49. The van der Waals surface area contributed by atoms with Crippen LogP contribution in [0.25, 0.3) is 33.6 Å². The predicted molar refractivity (Wildman–Crippen MR) is 137 cm³/mol. The Hall–Kier alpha value is -4.03. The minimum atomic E-state index is -1.17. The third-order valence-corrected chi connectivity index (χ3v) is 7.01. The molecule has 3 heterocycles. The van der Waals surface area contributed by atoms with E-state index in [-0.39, 0.29) is 17.4 Å². The number of nitrogens with zero attached hydrogens (tertiary/aromatic N) is 5. The van der Waals surface area contributed by atoms with Crippen molar-refractivity contribution in [3.05, 3.63) is 69.6 Å². The molecule has 0 saturated carbocycles. The zero-order valence-corrected chi connectivity index (χ0v) is 21.7. The molecular weight excluding hydrogens is 566 g/mol. The van der Waals surface area contributed by atoms with Gasteiger partial charge in [0, 0.05) is 27.6 Å². The number of nitrogens with one attached hydrogen (secondary N) is 2. The van der Waals surface area contributed by atoms with Crippen LogP contribution in [0.15, 0.2) is 51.7 Å². The smallest absolute Gasteiger partial charge is 0.322 e. The lowest BCUT2D eigenvalue weighted by molar-refractivity contribution is -0.135.